The highest BCUT2D eigenvalue weighted by atomic mass is 19.1. The van der Waals surface area contributed by atoms with Gasteiger partial charge in [0.25, 0.3) is 5.91 Å². The third kappa shape index (κ3) is 3.25. The second kappa shape index (κ2) is 5.90. The molecule has 2 rings (SSSR count). The van der Waals surface area contributed by atoms with Crippen molar-refractivity contribution in [3.63, 3.8) is 0 Å². The molecule has 0 aliphatic rings. The first-order chi connectivity index (χ1) is 9.20. The molecule has 2 aromatic rings. The summed E-state index contributed by atoms with van der Waals surface area (Å²) in [5.74, 6) is -0.246. The number of carbonyl (C=O) groups is 1. The quantitative estimate of drug-likeness (QED) is 0.876. The van der Waals surface area contributed by atoms with Crippen LogP contribution in [0.15, 0.2) is 36.7 Å². The molecule has 1 aromatic heterocycles. The second-order valence-corrected chi connectivity index (χ2v) is 3.81. The first-order valence-corrected chi connectivity index (χ1v) is 5.72. The zero-order valence-electron chi connectivity index (χ0n) is 10.4. The topological polar surface area (TPSA) is 66.9 Å². The lowest BCUT2D eigenvalue weighted by atomic mass is 10.2. The number of aromatic nitrogens is 2. The fraction of sp³-hybridized carbons (Fsp3) is 0.154. The Bertz CT molecular complexity index is 588. The lowest BCUT2D eigenvalue weighted by Gasteiger charge is -2.06. The molecule has 1 aromatic carbocycles. The van der Waals surface area contributed by atoms with Crippen LogP contribution in [-0.2, 0) is 6.54 Å². The third-order valence-electron chi connectivity index (χ3n) is 2.52. The van der Waals surface area contributed by atoms with Gasteiger partial charge in [0, 0.05) is 19.2 Å². The van der Waals surface area contributed by atoms with E-state index in [0.29, 0.717) is 11.4 Å². The average Bonchev–Trinajstić information content (AvgIpc) is 2.46. The number of hydrogen-bond acceptors (Lipinski definition) is 4. The number of carbonyl (C=O) groups excluding carboxylic acids is 1. The molecule has 0 radical (unpaired) electrons. The van der Waals surface area contributed by atoms with E-state index in [1.807, 2.05) is 0 Å². The van der Waals surface area contributed by atoms with Crippen LogP contribution in [0.1, 0.15) is 16.1 Å². The number of anilines is 1. The molecule has 19 heavy (non-hydrogen) atoms. The van der Waals surface area contributed by atoms with Gasteiger partial charge in [0.1, 0.15) is 17.3 Å². The highest BCUT2D eigenvalue weighted by molar-refractivity contribution is 5.92. The lowest BCUT2D eigenvalue weighted by molar-refractivity contribution is 0.0945. The van der Waals surface area contributed by atoms with Crippen molar-refractivity contribution in [2.75, 3.05) is 12.4 Å². The largest absolute Gasteiger partial charge is 0.372 e. The van der Waals surface area contributed by atoms with Crippen molar-refractivity contribution in [2.24, 2.45) is 0 Å². The molecule has 0 unspecified atom stereocenters. The molecular formula is C13H13FN4O. The van der Waals surface area contributed by atoms with Gasteiger partial charge in [0.15, 0.2) is 0 Å². The molecule has 1 amide bonds. The van der Waals surface area contributed by atoms with Gasteiger partial charge in [-0.1, -0.05) is 18.2 Å². The highest BCUT2D eigenvalue weighted by Gasteiger charge is 2.09. The Morgan fingerprint density at radius 1 is 1.32 bits per heavy atom. The van der Waals surface area contributed by atoms with Crippen molar-refractivity contribution in [1.82, 2.24) is 15.3 Å². The summed E-state index contributed by atoms with van der Waals surface area (Å²) in [4.78, 5) is 19.8. The van der Waals surface area contributed by atoms with Crippen molar-refractivity contribution in [3.8, 4) is 0 Å². The van der Waals surface area contributed by atoms with Crippen molar-refractivity contribution in [3.05, 3.63) is 53.7 Å². The smallest absolute Gasteiger partial charge is 0.271 e. The predicted octanol–water partition coefficient (Wildman–Crippen LogP) is 1.59. The molecule has 0 fully saturated rings. The summed E-state index contributed by atoms with van der Waals surface area (Å²) < 4.78 is 13.4. The van der Waals surface area contributed by atoms with Gasteiger partial charge in [-0.05, 0) is 6.07 Å². The zero-order chi connectivity index (χ0) is 13.7. The molecule has 1 heterocycles. The van der Waals surface area contributed by atoms with Crippen molar-refractivity contribution in [2.45, 2.75) is 6.54 Å². The number of hydrogen-bond donors (Lipinski definition) is 2. The van der Waals surface area contributed by atoms with E-state index >= 15 is 0 Å². The van der Waals surface area contributed by atoms with E-state index in [9.17, 15) is 9.18 Å². The standard InChI is InChI=1S/C13H13FN4O/c1-15-12-8-16-7-11(18-12)13(19)17-6-9-4-2-3-5-10(9)14/h2-5,7-8H,6H2,1H3,(H,15,18)(H,17,19). The molecule has 0 spiro atoms. The third-order valence-corrected chi connectivity index (χ3v) is 2.52. The van der Waals surface area contributed by atoms with Gasteiger partial charge in [-0.3, -0.25) is 9.78 Å². The Morgan fingerprint density at radius 3 is 2.84 bits per heavy atom. The van der Waals surface area contributed by atoms with Gasteiger partial charge in [-0.25, -0.2) is 9.37 Å². The van der Waals surface area contributed by atoms with E-state index in [2.05, 4.69) is 20.6 Å². The second-order valence-electron chi connectivity index (χ2n) is 3.81. The SMILES string of the molecule is CNc1cncc(C(=O)NCc2ccccc2F)n1. The van der Waals surface area contributed by atoms with Crippen LogP contribution in [0.3, 0.4) is 0 Å². The number of nitrogens with zero attached hydrogens (tertiary/aromatic N) is 2. The molecule has 98 valence electrons. The van der Waals surface area contributed by atoms with Crippen LogP contribution in [-0.4, -0.2) is 22.9 Å². The minimum absolute atomic E-state index is 0.108. The van der Waals surface area contributed by atoms with Crippen molar-refractivity contribution >= 4 is 11.7 Å². The van der Waals surface area contributed by atoms with E-state index in [1.165, 1.54) is 18.5 Å². The van der Waals surface area contributed by atoms with Crippen LogP contribution in [0.25, 0.3) is 0 Å². The molecule has 2 N–H and O–H groups in total. The molecule has 0 aliphatic heterocycles. The molecule has 5 nitrogen and oxygen atoms in total. The Morgan fingerprint density at radius 2 is 2.11 bits per heavy atom. The molecular weight excluding hydrogens is 247 g/mol. The van der Waals surface area contributed by atoms with Crippen LogP contribution >= 0.6 is 0 Å². The van der Waals surface area contributed by atoms with Gasteiger partial charge in [0.2, 0.25) is 0 Å². The summed E-state index contributed by atoms with van der Waals surface area (Å²) in [6.07, 6.45) is 2.87. The van der Waals surface area contributed by atoms with Crippen molar-refractivity contribution < 1.29 is 9.18 Å². The highest BCUT2D eigenvalue weighted by Crippen LogP contribution is 2.06. The minimum Gasteiger partial charge on any atom is -0.372 e. The number of rotatable bonds is 4. The summed E-state index contributed by atoms with van der Waals surface area (Å²) in [7, 11) is 1.69. The summed E-state index contributed by atoms with van der Waals surface area (Å²) in [5, 5.41) is 5.39. The van der Waals surface area contributed by atoms with E-state index in [-0.39, 0.29) is 18.1 Å². The normalized spacial score (nSPS) is 10.0. The minimum atomic E-state index is -0.396. The van der Waals surface area contributed by atoms with Gasteiger partial charge < -0.3 is 10.6 Å². The van der Waals surface area contributed by atoms with Gasteiger partial charge >= 0.3 is 0 Å². The molecule has 0 saturated heterocycles. The van der Waals surface area contributed by atoms with Gasteiger partial charge in [0.05, 0.1) is 12.4 Å². The Kier molecular flexibility index (Phi) is 4.02. The van der Waals surface area contributed by atoms with Gasteiger partial charge in [-0.15, -0.1) is 0 Å². The zero-order valence-corrected chi connectivity index (χ0v) is 10.4. The summed E-state index contributed by atoms with van der Waals surface area (Å²) in [6.45, 7) is 0.108. The fourth-order valence-electron chi connectivity index (χ4n) is 1.50. The maximum absolute atomic E-state index is 13.4. The molecule has 6 heteroatoms. The predicted molar refractivity (Wildman–Crippen MR) is 69.1 cm³/mol. The monoisotopic (exact) mass is 260 g/mol. The number of halogens is 1. The van der Waals surface area contributed by atoms with Crippen LogP contribution in [0.2, 0.25) is 0 Å². The fourth-order valence-corrected chi connectivity index (χ4v) is 1.50. The van der Waals surface area contributed by atoms with Crippen LogP contribution in [0, 0.1) is 5.82 Å². The maximum Gasteiger partial charge on any atom is 0.271 e. The number of nitrogens with one attached hydrogen (secondary N) is 2. The molecule has 0 atom stereocenters. The van der Waals surface area contributed by atoms with E-state index in [0.717, 1.165) is 0 Å². The number of amides is 1. The summed E-state index contributed by atoms with van der Waals surface area (Å²) >= 11 is 0. The lowest BCUT2D eigenvalue weighted by Crippen LogP contribution is -2.24. The summed E-state index contributed by atoms with van der Waals surface area (Å²) in [6, 6.07) is 6.28. The van der Waals surface area contributed by atoms with E-state index in [4.69, 9.17) is 0 Å². The number of benzene rings is 1. The Balaban J connectivity index is 2.03. The van der Waals surface area contributed by atoms with Crippen LogP contribution in [0.4, 0.5) is 10.2 Å². The van der Waals surface area contributed by atoms with Crippen LogP contribution in [0.5, 0.6) is 0 Å². The Labute approximate surface area is 109 Å². The molecule has 0 bridgehead atoms. The Hall–Kier alpha value is -2.50. The maximum atomic E-state index is 13.4. The molecule has 0 aliphatic carbocycles. The van der Waals surface area contributed by atoms with E-state index in [1.54, 1.807) is 25.2 Å². The van der Waals surface area contributed by atoms with Gasteiger partial charge in [-0.2, -0.15) is 0 Å². The van der Waals surface area contributed by atoms with Crippen LogP contribution < -0.4 is 10.6 Å². The first-order valence-electron chi connectivity index (χ1n) is 5.72. The molecule has 0 saturated carbocycles. The summed E-state index contributed by atoms with van der Waals surface area (Å²) in [5.41, 5.74) is 0.608. The average molecular weight is 260 g/mol. The van der Waals surface area contributed by atoms with E-state index < -0.39 is 5.91 Å². The van der Waals surface area contributed by atoms with Crippen molar-refractivity contribution in [1.29, 1.82) is 0 Å². The first kappa shape index (κ1) is 12.9.